The van der Waals surface area contributed by atoms with Crippen molar-refractivity contribution in [1.29, 1.82) is 0 Å². The highest BCUT2D eigenvalue weighted by Gasteiger charge is 2.25. The van der Waals surface area contributed by atoms with Gasteiger partial charge in [0.15, 0.2) is 0 Å². The lowest BCUT2D eigenvalue weighted by Crippen LogP contribution is -2.50. The lowest BCUT2D eigenvalue weighted by Gasteiger charge is -2.37. The minimum atomic E-state index is -3.84. The van der Waals surface area contributed by atoms with E-state index in [0.29, 0.717) is 36.0 Å². The van der Waals surface area contributed by atoms with Gasteiger partial charge in [-0.25, -0.2) is 8.42 Å². The van der Waals surface area contributed by atoms with E-state index in [0.717, 1.165) is 44.5 Å². The Kier molecular flexibility index (Phi) is 6.99. The molecule has 2 fully saturated rings. The van der Waals surface area contributed by atoms with E-state index in [1.54, 1.807) is 42.6 Å². The highest BCUT2D eigenvalue weighted by Crippen LogP contribution is 2.24. The van der Waals surface area contributed by atoms with Crippen molar-refractivity contribution < 1.29 is 17.9 Å². The van der Waals surface area contributed by atoms with E-state index < -0.39 is 10.0 Å². The average Bonchev–Trinajstić information content (AvgIpc) is 2.89. The fraction of sp³-hybridized carbons (Fsp3) is 0.385. The normalized spacial score (nSPS) is 19.5. The van der Waals surface area contributed by atoms with Crippen molar-refractivity contribution in [3.63, 3.8) is 0 Å². The summed E-state index contributed by atoms with van der Waals surface area (Å²) < 4.78 is 34.5. The molecule has 1 amide bonds. The number of piperazine rings is 1. The van der Waals surface area contributed by atoms with Crippen LogP contribution < -0.4 is 4.72 Å². The number of anilines is 1. The van der Waals surface area contributed by atoms with E-state index >= 15 is 0 Å². The van der Waals surface area contributed by atoms with Gasteiger partial charge in [0, 0.05) is 62.2 Å². The van der Waals surface area contributed by atoms with Gasteiger partial charge in [-0.1, -0.05) is 18.2 Å². The molecule has 0 unspecified atom stereocenters. The molecule has 3 heterocycles. The highest BCUT2D eigenvalue weighted by atomic mass is 32.2. The molecule has 2 aromatic carbocycles. The summed E-state index contributed by atoms with van der Waals surface area (Å²) in [5, 5.41) is 0.752. The zero-order valence-electron chi connectivity index (χ0n) is 19.6. The largest absolute Gasteiger partial charge is 0.377 e. The summed E-state index contributed by atoms with van der Waals surface area (Å²) in [4.78, 5) is 21.6. The number of aromatic nitrogens is 1. The van der Waals surface area contributed by atoms with Crippen LogP contribution in [0.25, 0.3) is 10.9 Å². The van der Waals surface area contributed by atoms with Crippen LogP contribution in [0.4, 0.5) is 5.69 Å². The molecule has 1 aromatic heterocycles. The second-order valence-corrected chi connectivity index (χ2v) is 10.7. The third-order valence-electron chi connectivity index (χ3n) is 6.66. The number of amides is 1. The molecule has 8 nitrogen and oxygen atoms in total. The molecule has 35 heavy (non-hydrogen) atoms. The Morgan fingerprint density at radius 3 is 2.51 bits per heavy atom. The van der Waals surface area contributed by atoms with Crippen molar-refractivity contribution in [2.24, 2.45) is 0 Å². The van der Waals surface area contributed by atoms with Crippen molar-refractivity contribution in [1.82, 2.24) is 14.8 Å². The highest BCUT2D eigenvalue weighted by molar-refractivity contribution is 7.93. The van der Waals surface area contributed by atoms with Crippen molar-refractivity contribution >= 4 is 32.5 Å². The maximum Gasteiger partial charge on any atom is 0.264 e. The molecule has 5 rings (SSSR count). The summed E-state index contributed by atoms with van der Waals surface area (Å²) in [5.74, 6) is -0.0359. The van der Waals surface area contributed by atoms with Crippen molar-refractivity contribution in [3.05, 3.63) is 66.4 Å². The van der Waals surface area contributed by atoms with Crippen LogP contribution >= 0.6 is 0 Å². The molecule has 0 aliphatic carbocycles. The fourth-order valence-corrected chi connectivity index (χ4v) is 5.98. The number of pyridine rings is 1. The fourth-order valence-electron chi connectivity index (χ4n) is 4.74. The molecule has 0 bridgehead atoms. The molecule has 1 atom stereocenters. The number of sulfonamides is 1. The molecule has 0 radical (unpaired) electrons. The van der Waals surface area contributed by atoms with Gasteiger partial charge < -0.3 is 9.64 Å². The molecule has 184 valence electrons. The number of nitrogens with one attached hydrogen (secondary N) is 1. The van der Waals surface area contributed by atoms with E-state index in [1.807, 2.05) is 17.0 Å². The molecular formula is C26H30N4O4S. The molecule has 2 aliphatic rings. The number of nitrogens with zero attached hydrogens (tertiary/aromatic N) is 3. The van der Waals surface area contributed by atoms with Gasteiger partial charge in [-0.15, -0.1) is 0 Å². The molecule has 3 aromatic rings. The van der Waals surface area contributed by atoms with Gasteiger partial charge in [0.2, 0.25) is 0 Å². The van der Waals surface area contributed by atoms with Crippen LogP contribution in [-0.4, -0.2) is 74.5 Å². The minimum Gasteiger partial charge on any atom is -0.377 e. The van der Waals surface area contributed by atoms with Gasteiger partial charge in [-0.05, 0) is 55.7 Å². The molecule has 2 aliphatic heterocycles. The number of ether oxygens (including phenoxy) is 1. The monoisotopic (exact) mass is 494 g/mol. The zero-order valence-corrected chi connectivity index (χ0v) is 20.4. The standard InChI is InChI=1S/C26H30N4O4S/c31-26(30-16-14-29(15-17-30)19-23-7-1-2-18-34-23)21-9-11-22(12-10-21)28-35(32,33)24-8-3-5-20-6-4-13-27-25(20)24/h3-6,8-13,23,28H,1-2,7,14-19H2/t23-/m0/s1. The van der Waals surface area contributed by atoms with Gasteiger partial charge in [-0.3, -0.25) is 19.4 Å². The summed E-state index contributed by atoms with van der Waals surface area (Å²) >= 11 is 0. The Balaban J connectivity index is 1.20. The maximum atomic E-state index is 13.0. The van der Waals surface area contributed by atoms with Crippen molar-refractivity contribution in [3.8, 4) is 0 Å². The van der Waals surface area contributed by atoms with Crippen LogP contribution in [0.5, 0.6) is 0 Å². The van der Waals surface area contributed by atoms with Gasteiger partial charge in [0.25, 0.3) is 15.9 Å². The Morgan fingerprint density at radius 1 is 1.00 bits per heavy atom. The molecule has 0 spiro atoms. The number of hydrogen-bond acceptors (Lipinski definition) is 6. The minimum absolute atomic E-state index is 0.0359. The molecule has 9 heteroatoms. The first-order valence-electron chi connectivity index (χ1n) is 12.1. The lowest BCUT2D eigenvalue weighted by molar-refractivity contribution is -0.0130. The number of hydrogen-bond donors (Lipinski definition) is 1. The summed E-state index contributed by atoms with van der Waals surface area (Å²) in [7, 11) is -3.84. The maximum absolute atomic E-state index is 13.0. The SMILES string of the molecule is O=C(c1ccc(NS(=O)(=O)c2cccc3cccnc23)cc1)N1CCN(C[C@@H]2CCCCO2)CC1. The Morgan fingerprint density at radius 2 is 1.77 bits per heavy atom. The van der Waals surface area contributed by atoms with Crippen LogP contribution in [0.2, 0.25) is 0 Å². The first kappa shape index (κ1) is 23.7. The average molecular weight is 495 g/mol. The topological polar surface area (TPSA) is 91.8 Å². The number of carbonyl (C=O) groups excluding carboxylic acids is 1. The predicted molar refractivity (Wildman–Crippen MR) is 135 cm³/mol. The van der Waals surface area contributed by atoms with Crippen LogP contribution in [0.3, 0.4) is 0 Å². The number of fused-ring (bicyclic) bond motifs is 1. The van der Waals surface area contributed by atoms with E-state index in [-0.39, 0.29) is 10.8 Å². The van der Waals surface area contributed by atoms with Gasteiger partial charge in [0.1, 0.15) is 4.90 Å². The number of carbonyl (C=O) groups is 1. The molecular weight excluding hydrogens is 464 g/mol. The summed E-state index contributed by atoms with van der Waals surface area (Å²) in [6, 6.07) is 15.2. The number of benzene rings is 2. The van der Waals surface area contributed by atoms with Crippen molar-refractivity contribution in [2.45, 2.75) is 30.3 Å². The molecule has 1 N–H and O–H groups in total. The van der Waals surface area contributed by atoms with Crippen molar-refractivity contribution in [2.75, 3.05) is 44.1 Å². The predicted octanol–water partition coefficient (Wildman–Crippen LogP) is 3.36. The van der Waals surface area contributed by atoms with Gasteiger partial charge in [-0.2, -0.15) is 0 Å². The Hall–Kier alpha value is -3.01. The van der Waals surface area contributed by atoms with Crippen LogP contribution in [0, 0.1) is 0 Å². The third kappa shape index (κ3) is 5.47. The number of para-hydroxylation sites is 1. The van der Waals surface area contributed by atoms with E-state index in [9.17, 15) is 13.2 Å². The quantitative estimate of drug-likeness (QED) is 0.565. The smallest absolute Gasteiger partial charge is 0.264 e. The first-order valence-corrected chi connectivity index (χ1v) is 13.6. The second-order valence-electron chi connectivity index (χ2n) is 9.10. The zero-order chi connectivity index (χ0) is 24.3. The van der Waals surface area contributed by atoms with Crippen LogP contribution in [-0.2, 0) is 14.8 Å². The van der Waals surface area contributed by atoms with Crippen LogP contribution in [0.15, 0.2) is 65.7 Å². The Labute approximate surface area is 205 Å². The molecule has 2 saturated heterocycles. The first-order chi connectivity index (χ1) is 17.0. The van der Waals surface area contributed by atoms with Gasteiger partial charge in [0.05, 0.1) is 11.6 Å². The number of rotatable bonds is 6. The second kappa shape index (κ2) is 10.3. The summed E-state index contributed by atoms with van der Waals surface area (Å²) in [6.45, 7) is 4.81. The molecule has 0 saturated carbocycles. The van der Waals surface area contributed by atoms with E-state index in [1.165, 1.54) is 12.5 Å². The summed E-state index contributed by atoms with van der Waals surface area (Å²) in [5.41, 5.74) is 1.36. The third-order valence-corrected chi connectivity index (χ3v) is 8.08. The Bertz CT molecular complexity index is 1280. The van der Waals surface area contributed by atoms with E-state index in [2.05, 4.69) is 14.6 Å². The lowest BCUT2D eigenvalue weighted by atomic mass is 10.1. The van der Waals surface area contributed by atoms with Gasteiger partial charge >= 0.3 is 0 Å². The summed E-state index contributed by atoms with van der Waals surface area (Å²) in [6.07, 6.45) is 5.39. The van der Waals surface area contributed by atoms with E-state index in [4.69, 9.17) is 4.74 Å². The van der Waals surface area contributed by atoms with Crippen LogP contribution in [0.1, 0.15) is 29.6 Å².